The third-order valence-electron chi connectivity index (χ3n) is 6.23. The van der Waals surface area contributed by atoms with E-state index in [1.54, 1.807) is 0 Å². The molecule has 0 saturated carbocycles. The highest BCUT2D eigenvalue weighted by molar-refractivity contribution is 7.09. The second-order valence-corrected chi connectivity index (χ2v) is 11.2. The van der Waals surface area contributed by atoms with Gasteiger partial charge in [-0.3, -0.25) is 19.6 Å². The van der Waals surface area contributed by atoms with E-state index in [2.05, 4.69) is 9.97 Å². The van der Waals surface area contributed by atoms with Crippen molar-refractivity contribution in [3.05, 3.63) is 125 Å². The number of aromatic amines is 2. The van der Waals surface area contributed by atoms with E-state index in [4.69, 9.17) is 9.47 Å². The molecule has 40 heavy (non-hydrogen) atoms. The maximum Gasteiger partial charge on any atom is 0.307 e. The van der Waals surface area contributed by atoms with Crippen molar-refractivity contribution >= 4 is 33.4 Å². The van der Waals surface area contributed by atoms with Crippen LogP contribution in [-0.2, 0) is 12.8 Å². The summed E-state index contributed by atoms with van der Waals surface area (Å²) in [5.74, 6) is 2.60. The normalized spacial score (nSPS) is 11.1. The fraction of sp³-hybridized carbons (Fsp3) is 0.0667. The number of rotatable bonds is 8. The molecule has 0 radical (unpaired) electrons. The average Bonchev–Trinajstić information content (AvgIpc) is 3.43. The topological polar surface area (TPSA) is 125 Å². The molecule has 0 saturated heterocycles. The lowest BCUT2D eigenvalue weighted by Crippen LogP contribution is -1.89. The summed E-state index contributed by atoms with van der Waals surface area (Å²) in [6, 6.07) is 26.7. The first-order valence-corrected chi connectivity index (χ1v) is 13.9. The van der Waals surface area contributed by atoms with Crippen LogP contribution >= 0.6 is 22.7 Å². The highest BCUT2D eigenvalue weighted by Crippen LogP contribution is 2.31. The van der Waals surface area contributed by atoms with Gasteiger partial charge in [-0.15, -0.1) is 0 Å². The molecule has 2 heterocycles. The van der Waals surface area contributed by atoms with Crippen LogP contribution in [0.2, 0.25) is 0 Å². The van der Waals surface area contributed by atoms with Crippen LogP contribution in [0.1, 0.15) is 20.9 Å². The van der Waals surface area contributed by atoms with E-state index < -0.39 is 0 Å². The molecule has 8 nitrogen and oxygen atoms in total. The molecule has 6 rings (SSSR count). The summed E-state index contributed by atoms with van der Waals surface area (Å²) in [4.78, 5) is 28.2. The molecule has 4 aromatic carbocycles. The van der Waals surface area contributed by atoms with Crippen LogP contribution in [-0.4, -0.2) is 20.2 Å². The van der Waals surface area contributed by atoms with Gasteiger partial charge < -0.3 is 19.7 Å². The number of benzene rings is 4. The zero-order valence-electron chi connectivity index (χ0n) is 20.8. The molecule has 0 bridgehead atoms. The van der Waals surface area contributed by atoms with Gasteiger partial charge >= 0.3 is 9.75 Å². The second kappa shape index (κ2) is 10.8. The Bertz CT molecular complexity index is 1780. The summed E-state index contributed by atoms with van der Waals surface area (Å²) in [5.41, 5.74) is 1.91. The van der Waals surface area contributed by atoms with E-state index in [1.807, 2.05) is 84.9 Å². The fourth-order valence-corrected chi connectivity index (χ4v) is 5.78. The van der Waals surface area contributed by atoms with E-state index in [-0.39, 0.29) is 21.5 Å². The van der Waals surface area contributed by atoms with Gasteiger partial charge in [0.25, 0.3) is 0 Å². The van der Waals surface area contributed by atoms with Gasteiger partial charge in [0.15, 0.2) is 0 Å². The van der Waals surface area contributed by atoms with Crippen molar-refractivity contribution in [3.8, 4) is 34.8 Å². The van der Waals surface area contributed by atoms with Crippen molar-refractivity contribution in [2.75, 3.05) is 0 Å². The van der Waals surface area contributed by atoms with Crippen LogP contribution in [0.5, 0.6) is 34.8 Å². The molecule has 200 valence electrons. The van der Waals surface area contributed by atoms with E-state index in [9.17, 15) is 19.8 Å². The van der Waals surface area contributed by atoms with Crippen molar-refractivity contribution in [1.82, 2.24) is 9.97 Å². The Balaban J connectivity index is 1.10. The predicted octanol–water partition coefficient (Wildman–Crippen LogP) is 6.52. The highest BCUT2D eigenvalue weighted by Gasteiger charge is 2.10. The number of aromatic nitrogens is 2. The number of H-pyrrole nitrogens is 2. The summed E-state index contributed by atoms with van der Waals surface area (Å²) >= 11 is 2.00. The van der Waals surface area contributed by atoms with Crippen molar-refractivity contribution < 1.29 is 19.7 Å². The van der Waals surface area contributed by atoms with Gasteiger partial charge in [0.05, 0.1) is 9.75 Å². The summed E-state index contributed by atoms with van der Waals surface area (Å²) in [7, 11) is 0. The van der Waals surface area contributed by atoms with E-state index in [0.29, 0.717) is 45.6 Å². The van der Waals surface area contributed by atoms with Crippen molar-refractivity contribution in [1.29, 1.82) is 0 Å². The summed E-state index contributed by atoms with van der Waals surface area (Å²) in [5, 5.41) is 21.6. The molecule has 0 aliphatic heterocycles. The van der Waals surface area contributed by atoms with Crippen molar-refractivity contribution in [3.63, 3.8) is 0 Å². The number of hydrogen-bond donors (Lipinski definition) is 4. The van der Waals surface area contributed by atoms with Crippen LogP contribution in [0, 0.1) is 0 Å². The summed E-state index contributed by atoms with van der Waals surface area (Å²) in [6.45, 7) is 0. The number of fused-ring (bicyclic) bond motifs is 1. The number of nitrogens with one attached hydrogen (secondary N) is 2. The van der Waals surface area contributed by atoms with Crippen LogP contribution in [0.25, 0.3) is 10.8 Å². The number of aromatic hydroxyl groups is 2. The molecule has 0 unspecified atom stereocenters. The number of thiazole rings is 2. The Morgan fingerprint density at radius 2 is 0.925 bits per heavy atom. The summed E-state index contributed by atoms with van der Waals surface area (Å²) in [6.07, 6.45) is 0.920. The predicted molar refractivity (Wildman–Crippen MR) is 156 cm³/mol. The minimum atomic E-state index is -0.274. The zero-order valence-corrected chi connectivity index (χ0v) is 22.5. The van der Waals surface area contributed by atoms with Gasteiger partial charge in [-0.05, 0) is 70.4 Å². The molecule has 0 atom stereocenters. The Morgan fingerprint density at radius 3 is 1.27 bits per heavy atom. The maximum atomic E-state index is 11.4. The minimum Gasteiger partial charge on any atom is -0.494 e. The standard InChI is InChI=1S/C30H22N2O6S2/c33-27-25(39-29(35)31-27)13-17-1-7-21(8-2-17)37-23-11-5-20-16-24(12-6-19(20)15-23)38-22-9-3-18(4-10-22)14-26-28(34)32-30(36)40-26/h1-12,15-16,33-34H,13-14H2,(H,31,35)(H,32,36). The summed E-state index contributed by atoms with van der Waals surface area (Å²) < 4.78 is 12.1. The molecule has 0 aliphatic rings. The van der Waals surface area contributed by atoms with Gasteiger partial charge in [0, 0.05) is 12.8 Å². The van der Waals surface area contributed by atoms with Crippen LogP contribution in [0.3, 0.4) is 0 Å². The third-order valence-corrected chi connectivity index (χ3v) is 7.97. The lowest BCUT2D eigenvalue weighted by Gasteiger charge is -2.10. The highest BCUT2D eigenvalue weighted by atomic mass is 32.1. The third kappa shape index (κ3) is 5.78. The first-order chi connectivity index (χ1) is 19.4. The second-order valence-electron chi connectivity index (χ2n) is 9.09. The molecule has 0 amide bonds. The van der Waals surface area contributed by atoms with Crippen LogP contribution in [0.15, 0.2) is 94.5 Å². The zero-order chi connectivity index (χ0) is 27.6. The Hall–Kier alpha value is -4.80. The Morgan fingerprint density at radius 1 is 0.550 bits per heavy atom. The molecular weight excluding hydrogens is 548 g/mol. The number of hydrogen-bond acceptors (Lipinski definition) is 8. The van der Waals surface area contributed by atoms with Gasteiger partial charge in [-0.2, -0.15) is 0 Å². The van der Waals surface area contributed by atoms with Crippen molar-refractivity contribution in [2.45, 2.75) is 12.8 Å². The lowest BCUT2D eigenvalue weighted by atomic mass is 10.1. The molecule has 4 N–H and O–H groups in total. The molecule has 6 aromatic rings. The fourth-order valence-electron chi connectivity index (χ4n) is 4.27. The minimum absolute atomic E-state index is 0.0793. The molecule has 0 aliphatic carbocycles. The van der Waals surface area contributed by atoms with Crippen molar-refractivity contribution in [2.24, 2.45) is 0 Å². The molecule has 10 heteroatoms. The smallest absolute Gasteiger partial charge is 0.307 e. The lowest BCUT2D eigenvalue weighted by molar-refractivity contribution is 0.450. The largest absolute Gasteiger partial charge is 0.494 e. The van der Waals surface area contributed by atoms with Gasteiger partial charge in [0.1, 0.15) is 23.0 Å². The quantitative estimate of drug-likeness (QED) is 0.165. The van der Waals surface area contributed by atoms with Gasteiger partial charge in [-0.25, -0.2) is 0 Å². The Labute approximate surface area is 235 Å². The molecule has 0 fully saturated rings. The Kier molecular flexibility index (Phi) is 6.85. The van der Waals surface area contributed by atoms with Crippen LogP contribution < -0.4 is 19.2 Å². The monoisotopic (exact) mass is 570 g/mol. The van der Waals surface area contributed by atoms with Crippen LogP contribution in [0.4, 0.5) is 0 Å². The first-order valence-electron chi connectivity index (χ1n) is 12.3. The number of ether oxygens (including phenoxy) is 2. The maximum absolute atomic E-state index is 11.4. The average molecular weight is 571 g/mol. The molecule has 2 aromatic heterocycles. The van der Waals surface area contributed by atoms with Gasteiger partial charge in [-0.1, -0.05) is 59.1 Å². The van der Waals surface area contributed by atoms with E-state index in [1.165, 1.54) is 0 Å². The molecular formula is C30H22N2O6S2. The SMILES string of the molecule is O=c1[nH]c(O)c(Cc2ccc(Oc3ccc4cc(Oc5ccc(Cc6sc(=O)[nH]c6O)cc5)ccc4c3)cc2)s1. The van der Waals surface area contributed by atoms with E-state index in [0.717, 1.165) is 44.6 Å². The molecule has 0 spiro atoms. The first kappa shape index (κ1) is 25.5. The van der Waals surface area contributed by atoms with E-state index >= 15 is 0 Å². The van der Waals surface area contributed by atoms with Gasteiger partial charge in [0.2, 0.25) is 11.8 Å².